The molecule has 0 spiro atoms. The molecule has 1 N–H and O–H groups in total. The number of hydrogen-bond donors (Lipinski definition) is 0. The van der Waals surface area contributed by atoms with Crippen LogP contribution in [0.5, 0.6) is 0 Å². The Morgan fingerprint density at radius 1 is 1.10 bits per heavy atom. The Labute approximate surface area is 150 Å². The monoisotopic (exact) mass is 345 g/mol. The Hall–Kier alpha value is -0.176. The topological polar surface area (TPSA) is 23.8 Å². The third-order valence-electron chi connectivity index (χ3n) is 2.13. The van der Waals surface area contributed by atoms with Gasteiger partial charge >= 0.3 is 21.7 Å². The molecule has 0 aliphatic heterocycles. The first-order chi connectivity index (χ1) is 7.88. The zero-order valence-corrected chi connectivity index (χ0v) is 15.3. The van der Waals surface area contributed by atoms with Gasteiger partial charge in [0, 0.05) is 0 Å². The standard InChI is InChI=1S/C12H11.C4H10N.2ClH.Ti/c1-10-6-2-5-9-12(10)11-7-3-4-8-11;1-4(2,3)5;;;/h2-7,9H,1,8H2;5H,1-3H3;2*1H;/q2*-1;;;+2/p-2. The molecule has 1 aromatic rings. The molecule has 1 aliphatic rings. The van der Waals surface area contributed by atoms with Crippen LogP contribution in [0.1, 0.15) is 38.3 Å². The van der Waals surface area contributed by atoms with E-state index in [9.17, 15) is 0 Å². The predicted octanol–water partition coefficient (Wildman–Crippen LogP) is -0.945. The Morgan fingerprint density at radius 2 is 1.60 bits per heavy atom. The van der Waals surface area contributed by atoms with Crippen molar-refractivity contribution in [2.75, 3.05) is 0 Å². The summed E-state index contributed by atoms with van der Waals surface area (Å²) in [5.74, 6) is 0. The van der Waals surface area contributed by atoms with Crippen LogP contribution in [0.25, 0.3) is 11.3 Å². The molecule has 20 heavy (non-hydrogen) atoms. The van der Waals surface area contributed by atoms with E-state index in [2.05, 4.69) is 43.4 Å². The van der Waals surface area contributed by atoms with Crippen molar-refractivity contribution in [3.05, 3.63) is 66.3 Å². The van der Waals surface area contributed by atoms with Gasteiger partial charge in [-0.05, 0) is 6.42 Å². The maximum atomic E-state index is 6.94. The maximum absolute atomic E-state index is 6.94. The van der Waals surface area contributed by atoms with Gasteiger partial charge in [-0.1, -0.05) is 50.6 Å². The van der Waals surface area contributed by atoms with Gasteiger partial charge in [-0.15, -0.1) is 23.2 Å². The molecule has 0 saturated heterocycles. The van der Waals surface area contributed by atoms with Crippen molar-refractivity contribution in [2.45, 2.75) is 32.7 Å². The SMILES string of the molecule is CC(C)(C)[NH-].[CH2-]c1ccccc1C1=CC=CC1.[Cl-].[Cl-].[Ti+2]. The van der Waals surface area contributed by atoms with Crippen LogP contribution in [-0.4, -0.2) is 5.54 Å². The van der Waals surface area contributed by atoms with E-state index in [1.54, 1.807) is 0 Å². The first-order valence-electron chi connectivity index (χ1n) is 5.90. The summed E-state index contributed by atoms with van der Waals surface area (Å²) in [5, 5.41) is 0. The van der Waals surface area contributed by atoms with E-state index >= 15 is 0 Å². The van der Waals surface area contributed by atoms with E-state index in [-0.39, 0.29) is 52.1 Å². The molecular weight excluding hydrogens is 325 g/mol. The molecule has 0 amide bonds. The van der Waals surface area contributed by atoms with E-state index in [0.717, 1.165) is 12.0 Å². The minimum atomic E-state index is -0.250. The van der Waals surface area contributed by atoms with Crippen molar-refractivity contribution in [1.82, 2.24) is 0 Å². The van der Waals surface area contributed by atoms with Gasteiger partial charge in [-0.3, -0.25) is 0 Å². The van der Waals surface area contributed by atoms with Crippen molar-refractivity contribution in [1.29, 1.82) is 0 Å². The van der Waals surface area contributed by atoms with Gasteiger partial charge < -0.3 is 30.5 Å². The second-order valence-corrected chi connectivity index (χ2v) is 5.23. The number of allylic oxidation sites excluding steroid dienone is 4. The van der Waals surface area contributed by atoms with Crippen LogP contribution in [0.4, 0.5) is 0 Å². The molecule has 0 bridgehead atoms. The van der Waals surface area contributed by atoms with Crippen molar-refractivity contribution in [2.24, 2.45) is 0 Å². The fourth-order valence-electron chi connectivity index (χ4n) is 1.48. The summed E-state index contributed by atoms with van der Waals surface area (Å²) in [6, 6.07) is 8.26. The molecular formula is C16H21Cl2NTi-2. The van der Waals surface area contributed by atoms with Crippen molar-refractivity contribution in [3.63, 3.8) is 0 Å². The summed E-state index contributed by atoms with van der Waals surface area (Å²) < 4.78 is 0. The summed E-state index contributed by atoms with van der Waals surface area (Å²) >= 11 is 0. The van der Waals surface area contributed by atoms with Gasteiger partial charge in [0.05, 0.1) is 0 Å². The second-order valence-electron chi connectivity index (χ2n) is 5.23. The van der Waals surface area contributed by atoms with Crippen LogP contribution in [0.2, 0.25) is 0 Å². The molecule has 4 heteroatoms. The van der Waals surface area contributed by atoms with Crippen LogP contribution in [0.15, 0.2) is 42.5 Å². The quantitative estimate of drug-likeness (QED) is 0.463. The van der Waals surface area contributed by atoms with Gasteiger partial charge in [-0.2, -0.15) is 18.6 Å². The third-order valence-corrected chi connectivity index (χ3v) is 2.13. The van der Waals surface area contributed by atoms with Gasteiger partial charge in [0.1, 0.15) is 0 Å². The van der Waals surface area contributed by atoms with Crippen molar-refractivity contribution >= 4 is 5.57 Å². The molecule has 0 radical (unpaired) electrons. The first kappa shape index (κ1) is 24.8. The molecule has 110 valence electrons. The average molecular weight is 346 g/mol. The van der Waals surface area contributed by atoms with Crippen LogP contribution in [0.3, 0.4) is 0 Å². The largest absolute Gasteiger partial charge is 2.00 e. The number of benzene rings is 1. The Balaban J connectivity index is -0.000000322. The Kier molecular flexibility index (Phi) is 14.2. The molecule has 0 aromatic heterocycles. The molecule has 0 saturated carbocycles. The molecule has 0 heterocycles. The molecule has 2 rings (SSSR count). The van der Waals surface area contributed by atoms with Crippen LogP contribution < -0.4 is 24.8 Å². The average Bonchev–Trinajstić information content (AvgIpc) is 2.68. The van der Waals surface area contributed by atoms with Gasteiger partial charge in [0.25, 0.3) is 0 Å². The van der Waals surface area contributed by atoms with Crippen LogP contribution in [-0.2, 0) is 21.7 Å². The number of rotatable bonds is 1. The third kappa shape index (κ3) is 10.6. The number of hydrogen-bond acceptors (Lipinski definition) is 0. The minimum Gasteiger partial charge on any atom is -1.00 e. The van der Waals surface area contributed by atoms with E-state index in [1.807, 2.05) is 26.8 Å². The molecule has 0 fully saturated rings. The predicted molar refractivity (Wildman–Crippen MR) is 76.7 cm³/mol. The first-order valence-corrected chi connectivity index (χ1v) is 5.90. The summed E-state index contributed by atoms with van der Waals surface area (Å²) in [6.07, 6.45) is 7.47. The molecule has 0 unspecified atom stereocenters. The smallest absolute Gasteiger partial charge is 1.00 e. The van der Waals surface area contributed by atoms with Gasteiger partial charge in [0.2, 0.25) is 0 Å². The van der Waals surface area contributed by atoms with Gasteiger partial charge in [0.15, 0.2) is 0 Å². The van der Waals surface area contributed by atoms with E-state index < -0.39 is 0 Å². The van der Waals surface area contributed by atoms with Crippen LogP contribution >= 0.6 is 0 Å². The fraction of sp³-hybridized carbons (Fsp3) is 0.312. The maximum Gasteiger partial charge on any atom is 2.00 e. The molecule has 1 aromatic carbocycles. The minimum absolute atomic E-state index is 0. The Bertz CT molecular complexity index is 428. The van der Waals surface area contributed by atoms with E-state index in [0.29, 0.717) is 0 Å². The van der Waals surface area contributed by atoms with E-state index in [4.69, 9.17) is 5.73 Å². The zero-order valence-electron chi connectivity index (χ0n) is 12.2. The number of nitrogens with one attached hydrogen (secondary N) is 1. The summed E-state index contributed by atoms with van der Waals surface area (Å²) in [5.41, 5.74) is 10.5. The summed E-state index contributed by atoms with van der Waals surface area (Å²) in [7, 11) is 0. The number of halogens is 2. The zero-order chi connectivity index (χ0) is 12.9. The molecule has 1 aliphatic carbocycles. The summed E-state index contributed by atoms with van der Waals surface area (Å²) in [6.45, 7) is 9.56. The van der Waals surface area contributed by atoms with Crippen LogP contribution in [0, 0.1) is 6.92 Å². The normalized spacial score (nSPS) is 11.9. The van der Waals surface area contributed by atoms with Crippen molar-refractivity contribution in [3.8, 4) is 0 Å². The second kappa shape index (κ2) is 11.5. The summed E-state index contributed by atoms with van der Waals surface area (Å²) in [4.78, 5) is 0. The van der Waals surface area contributed by atoms with Crippen molar-refractivity contribution < 1.29 is 46.5 Å². The fourth-order valence-corrected chi connectivity index (χ4v) is 1.48. The van der Waals surface area contributed by atoms with E-state index in [1.165, 1.54) is 11.1 Å². The molecule has 0 atom stereocenters. The molecule has 1 nitrogen and oxygen atoms in total. The Morgan fingerprint density at radius 3 is 2.00 bits per heavy atom. The van der Waals surface area contributed by atoms with Gasteiger partial charge in [-0.25, -0.2) is 0 Å².